The molecule has 7 heteroatoms. The summed E-state index contributed by atoms with van der Waals surface area (Å²) in [7, 11) is 0. The summed E-state index contributed by atoms with van der Waals surface area (Å²) < 4.78 is 32.9. The highest BCUT2D eigenvalue weighted by atomic mass is 19.3. The Balaban J connectivity index is 1.73. The van der Waals surface area contributed by atoms with Crippen molar-refractivity contribution in [2.75, 3.05) is 5.01 Å². The number of ketones is 1. The molecule has 2 atom stereocenters. The van der Waals surface area contributed by atoms with Gasteiger partial charge in [0.05, 0.1) is 17.5 Å². The van der Waals surface area contributed by atoms with Crippen molar-refractivity contribution in [1.29, 1.82) is 0 Å². The van der Waals surface area contributed by atoms with E-state index in [1.165, 1.54) is 23.2 Å². The summed E-state index contributed by atoms with van der Waals surface area (Å²) in [6.45, 7) is 6.43. The van der Waals surface area contributed by atoms with Crippen LogP contribution in [0.3, 0.4) is 0 Å². The first-order valence-electron chi connectivity index (χ1n) is 10.3. The molecule has 1 heterocycles. The second kappa shape index (κ2) is 8.96. The van der Waals surface area contributed by atoms with Crippen LogP contribution in [0.15, 0.2) is 53.6 Å². The molecule has 0 aliphatic carbocycles. The number of nitrogens with zero attached hydrogens (tertiary/aromatic N) is 2. The van der Waals surface area contributed by atoms with E-state index in [2.05, 4.69) is 5.10 Å². The Hall–Kier alpha value is -3.09. The molecule has 3 rings (SSSR count). The first-order chi connectivity index (χ1) is 14.6. The van der Waals surface area contributed by atoms with Gasteiger partial charge in [-0.25, -0.2) is 8.78 Å². The zero-order valence-electron chi connectivity index (χ0n) is 18.1. The zero-order chi connectivity index (χ0) is 22.8. The van der Waals surface area contributed by atoms with Gasteiger partial charge in [0.2, 0.25) is 0 Å². The normalized spacial score (nSPS) is 17.5. The van der Waals surface area contributed by atoms with Gasteiger partial charge < -0.3 is 4.74 Å². The maximum atomic E-state index is 13.6. The number of carbonyl (C=O) groups excluding carboxylic acids is 2. The molecule has 2 unspecified atom stereocenters. The third kappa shape index (κ3) is 5.16. The quantitative estimate of drug-likeness (QED) is 0.548. The summed E-state index contributed by atoms with van der Waals surface area (Å²) in [6, 6.07) is 12.7. The number of benzene rings is 2. The monoisotopic (exact) mass is 428 g/mol. The molecule has 0 radical (unpaired) electrons. The molecule has 0 fully saturated rings. The smallest absolute Gasteiger partial charge is 0.270 e. The molecule has 31 heavy (non-hydrogen) atoms. The van der Waals surface area contributed by atoms with Gasteiger partial charge in [-0.05, 0) is 56.2 Å². The number of anilines is 1. The van der Waals surface area contributed by atoms with Crippen LogP contribution < -0.4 is 9.75 Å². The van der Waals surface area contributed by atoms with Gasteiger partial charge in [0, 0.05) is 18.9 Å². The number of hydrogen-bond donors (Lipinski definition) is 0. The summed E-state index contributed by atoms with van der Waals surface area (Å²) in [4.78, 5) is 25.8. The number of hydrogen-bond acceptors (Lipinski definition) is 4. The van der Waals surface area contributed by atoms with Gasteiger partial charge in [-0.15, -0.1) is 0 Å². The summed E-state index contributed by atoms with van der Waals surface area (Å²) in [6.07, 6.45) is 0.828. The second-order valence-electron chi connectivity index (χ2n) is 7.89. The minimum Gasteiger partial charge on any atom is -0.491 e. The zero-order valence-corrected chi connectivity index (χ0v) is 18.1. The summed E-state index contributed by atoms with van der Waals surface area (Å²) in [5.74, 6) is -4.16. The topological polar surface area (TPSA) is 59.0 Å². The number of ether oxygens (including phenoxy) is 1. The predicted octanol–water partition coefficient (Wildman–Crippen LogP) is 5.13. The van der Waals surface area contributed by atoms with Crippen molar-refractivity contribution in [1.82, 2.24) is 0 Å². The van der Waals surface area contributed by atoms with E-state index >= 15 is 0 Å². The first-order valence-corrected chi connectivity index (χ1v) is 10.3. The van der Waals surface area contributed by atoms with Crippen molar-refractivity contribution in [2.24, 2.45) is 11.0 Å². The molecule has 0 saturated carbocycles. The van der Waals surface area contributed by atoms with Crippen LogP contribution in [-0.2, 0) is 21.9 Å². The van der Waals surface area contributed by atoms with Crippen molar-refractivity contribution < 1.29 is 23.1 Å². The molecule has 0 aromatic heterocycles. The van der Waals surface area contributed by atoms with Crippen LogP contribution in [0.25, 0.3) is 0 Å². The molecule has 2 aromatic carbocycles. The maximum Gasteiger partial charge on any atom is 0.270 e. The van der Waals surface area contributed by atoms with Gasteiger partial charge in [0.15, 0.2) is 5.78 Å². The van der Waals surface area contributed by atoms with Crippen LogP contribution in [0.2, 0.25) is 0 Å². The lowest BCUT2D eigenvalue weighted by Crippen LogP contribution is -2.33. The van der Waals surface area contributed by atoms with Crippen molar-refractivity contribution in [3.05, 3.63) is 59.7 Å². The number of rotatable bonds is 8. The van der Waals surface area contributed by atoms with Gasteiger partial charge in [0.1, 0.15) is 11.7 Å². The van der Waals surface area contributed by atoms with E-state index in [1.807, 2.05) is 13.8 Å². The summed E-state index contributed by atoms with van der Waals surface area (Å²) >= 11 is 0. The Kier molecular flexibility index (Phi) is 6.53. The lowest BCUT2D eigenvalue weighted by atomic mass is 9.93. The fourth-order valence-electron chi connectivity index (χ4n) is 3.36. The molecular formula is C24H26F2N2O3. The summed E-state index contributed by atoms with van der Waals surface area (Å²) in [5.41, 5.74) is 1.19. The average Bonchev–Trinajstić information content (AvgIpc) is 3.02. The molecular weight excluding hydrogens is 402 g/mol. The predicted molar refractivity (Wildman–Crippen MR) is 116 cm³/mol. The molecule has 1 amide bonds. The highest BCUT2D eigenvalue weighted by Crippen LogP contribution is 2.29. The highest BCUT2D eigenvalue weighted by molar-refractivity contribution is 6.27. The third-order valence-electron chi connectivity index (χ3n) is 5.26. The number of hydrazone groups is 1. The SMILES string of the molecule is CCC(C)Oc1ccc(N2N=C(C)C(C(=O)Cc3cccc(C(C)(F)F)c3)C2=O)cc1. The number of amides is 1. The Morgan fingerprint density at radius 2 is 1.90 bits per heavy atom. The van der Waals surface area contributed by atoms with Gasteiger partial charge >= 0.3 is 0 Å². The second-order valence-corrected chi connectivity index (χ2v) is 7.89. The largest absolute Gasteiger partial charge is 0.491 e. The van der Waals surface area contributed by atoms with Crippen molar-refractivity contribution >= 4 is 23.1 Å². The Labute approximate surface area is 180 Å². The fraction of sp³-hybridized carbons (Fsp3) is 0.375. The minimum absolute atomic E-state index is 0.0766. The Morgan fingerprint density at radius 3 is 2.52 bits per heavy atom. The van der Waals surface area contributed by atoms with Crippen LogP contribution in [0.4, 0.5) is 14.5 Å². The lowest BCUT2D eigenvalue weighted by molar-refractivity contribution is -0.128. The van der Waals surface area contributed by atoms with Crippen molar-refractivity contribution in [2.45, 2.75) is 52.6 Å². The molecule has 1 aliphatic rings. The molecule has 0 saturated heterocycles. The van der Waals surface area contributed by atoms with Crippen LogP contribution in [-0.4, -0.2) is 23.5 Å². The van der Waals surface area contributed by atoms with Crippen molar-refractivity contribution in [3.63, 3.8) is 0 Å². The number of halogens is 2. The molecule has 0 spiro atoms. The standard InChI is InChI=1S/C24H26F2N2O3/c1-5-15(2)31-20-11-9-19(10-12-20)28-23(30)22(16(3)27-28)21(29)14-17-7-6-8-18(13-17)24(4,25)26/h6-13,15,22H,5,14H2,1-4H3. The van der Waals surface area contributed by atoms with E-state index in [4.69, 9.17) is 4.74 Å². The van der Waals surface area contributed by atoms with E-state index in [0.29, 0.717) is 22.7 Å². The number of carbonyl (C=O) groups is 2. The minimum atomic E-state index is -3.00. The average molecular weight is 428 g/mol. The molecule has 5 nitrogen and oxygen atoms in total. The van der Waals surface area contributed by atoms with Gasteiger partial charge in [-0.3, -0.25) is 9.59 Å². The van der Waals surface area contributed by atoms with E-state index in [-0.39, 0.29) is 23.9 Å². The molecule has 164 valence electrons. The molecule has 0 N–H and O–H groups in total. The first kappa shape index (κ1) is 22.6. The molecule has 2 aromatic rings. The molecule has 0 bridgehead atoms. The summed E-state index contributed by atoms with van der Waals surface area (Å²) in [5, 5.41) is 5.48. The van der Waals surface area contributed by atoms with E-state index in [0.717, 1.165) is 13.3 Å². The van der Waals surface area contributed by atoms with E-state index in [9.17, 15) is 18.4 Å². The Morgan fingerprint density at radius 1 is 1.23 bits per heavy atom. The van der Waals surface area contributed by atoms with Crippen LogP contribution in [0.1, 0.15) is 45.2 Å². The van der Waals surface area contributed by atoms with E-state index in [1.54, 1.807) is 37.3 Å². The van der Waals surface area contributed by atoms with Crippen LogP contribution >= 0.6 is 0 Å². The maximum absolute atomic E-state index is 13.6. The number of Topliss-reactive ketones (excluding diaryl/α,β-unsaturated/α-hetero) is 1. The lowest BCUT2D eigenvalue weighted by Gasteiger charge is -2.16. The Bertz CT molecular complexity index is 997. The van der Waals surface area contributed by atoms with Crippen molar-refractivity contribution in [3.8, 4) is 5.75 Å². The van der Waals surface area contributed by atoms with Crippen LogP contribution in [0, 0.1) is 5.92 Å². The van der Waals surface area contributed by atoms with E-state index < -0.39 is 17.7 Å². The highest BCUT2D eigenvalue weighted by Gasteiger charge is 2.39. The van der Waals surface area contributed by atoms with Gasteiger partial charge in [-0.1, -0.05) is 25.1 Å². The number of alkyl halides is 2. The molecule has 1 aliphatic heterocycles. The van der Waals surface area contributed by atoms with Gasteiger partial charge in [0.25, 0.3) is 11.8 Å². The van der Waals surface area contributed by atoms with Crippen LogP contribution in [0.5, 0.6) is 5.75 Å². The van der Waals surface area contributed by atoms with Gasteiger partial charge in [-0.2, -0.15) is 10.1 Å². The third-order valence-corrected chi connectivity index (χ3v) is 5.26. The fourth-order valence-corrected chi connectivity index (χ4v) is 3.36.